The molecule has 0 spiro atoms. The van der Waals surface area contributed by atoms with Crippen molar-refractivity contribution in [3.05, 3.63) is 63.9 Å². The maximum absolute atomic E-state index is 13.0. The summed E-state index contributed by atoms with van der Waals surface area (Å²) < 4.78 is 41.9. The minimum Gasteiger partial charge on any atom is -0.457 e. The van der Waals surface area contributed by atoms with Gasteiger partial charge in [0, 0.05) is 16.3 Å². The first-order chi connectivity index (χ1) is 10.3. The summed E-state index contributed by atoms with van der Waals surface area (Å²) in [7, 11) is -3.53. The maximum Gasteiger partial charge on any atom is 0.339 e. The molecule has 0 unspecified atom stereocenters. The monoisotopic (exact) mass is 386 g/mol. The summed E-state index contributed by atoms with van der Waals surface area (Å²) in [4.78, 5) is 12.0. The van der Waals surface area contributed by atoms with Crippen molar-refractivity contribution in [2.24, 2.45) is 0 Å². The van der Waals surface area contributed by atoms with E-state index in [9.17, 15) is 17.6 Å². The van der Waals surface area contributed by atoms with E-state index in [1.54, 1.807) is 6.07 Å². The zero-order valence-corrected chi connectivity index (χ0v) is 13.9. The Labute approximate surface area is 136 Å². The smallest absolute Gasteiger partial charge is 0.339 e. The molecule has 0 aliphatic rings. The van der Waals surface area contributed by atoms with E-state index in [1.165, 1.54) is 36.4 Å². The third-order valence-electron chi connectivity index (χ3n) is 2.88. The highest BCUT2D eigenvalue weighted by Crippen LogP contribution is 2.21. The molecular weight excluding hydrogens is 375 g/mol. The Morgan fingerprint density at radius 1 is 1.23 bits per heavy atom. The Hall–Kier alpha value is -1.73. The average Bonchev–Trinajstić information content (AvgIpc) is 2.45. The summed E-state index contributed by atoms with van der Waals surface area (Å²) in [5.74, 6) is -1.17. The van der Waals surface area contributed by atoms with Crippen molar-refractivity contribution in [1.29, 1.82) is 0 Å². The zero-order valence-electron chi connectivity index (χ0n) is 11.5. The lowest BCUT2D eigenvalue weighted by molar-refractivity contribution is 0.0467. The van der Waals surface area contributed by atoms with Crippen LogP contribution in [0.4, 0.5) is 4.39 Å². The Balaban J connectivity index is 2.20. The van der Waals surface area contributed by atoms with Crippen molar-refractivity contribution in [3.63, 3.8) is 0 Å². The van der Waals surface area contributed by atoms with Crippen LogP contribution in [-0.4, -0.2) is 20.6 Å². The van der Waals surface area contributed by atoms with Gasteiger partial charge >= 0.3 is 5.97 Å². The quantitative estimate of drug-likeness (QED) is 0.755. The van der Waals surface area contributed by atoms with Crippen LogP contribution in [0.2, 0.25) is 0 Å². The Morgan fingerprint density at radius 3 is 2.55 bits per heavy atom. The van der Waals surface area contributed by atoms with Gasteiger partial charge in [-0.25, -0.2) is 17.6 Å². The number of rotatable bonds is 4. The van der Waals surface area contributed by atoms with Crippen molar-refractivity contribution in [2.45, 2.75) is 11.5 Å². The molecule has 2 aromatic rings. The second-order valence-corrected chi connectivity index (χ2v) is 7.42. The number of benzene rings is 2. The number of hydrogen-bond donors (Lipinski definition) is 0. The maximum atomic E-state index is 13.0. The zero-order chi connectivity index (χ0) is 16.3. The van der Waals surface area contributed by atoms with Gasteiger partial charge in [0.1, 0.15) is 12.4 Å². The molecular formula is C15H12BrFO4S. The highest BCUT2D eigenvalue weighted by atomic mass is 79.9. The molecule has 0 aromatic heterocycles. The highest BCUT2D eigenvalue weighted by Gasteiger charge is 2.19. The van der Waals surface area contributed by atoms with Crippen molar-refractivity contribution in [3.8, 4) is 0 Å². The Bertz CT molecular complexity index is 818. The number of esters is 1. The molecule has 0 bridgehead atoms. The first-order valence-electron chi connectivity index (χ1n) is 6.19. The van der Waals surface area contributed by atoms with Gasteiger partial charge in [-0.3, -0.25) is 0 Å². The molecule has 7 heteroatoms. The SMILES string of the molecule is CS(=O)(=O)c1ccccc1C(=O)OCc1ccc(F)cc1Br. The van der Waals surface area contributed by atoms with E-state index in [2.05, 4.69) is 15.9 Å². The molecule has 0 heterocycles. The fourth-order valence-corrected chi connectivity index (χ4v) is 3.16. The van der Waals surface area contributed by atoms with E-state index in [0.29, 0.717) is 10.0 Å². The lowest BCUT2D eigenvalue weighted by Gasteiger charge is -2.09. The van der Waals surface area contributed by atoms with Crippen LogP contribution in [0, 0.1) is 5.82 Å². The molecule has 0 saturated carbocycles. The molecule has 0 aliphatic carbocycles. The summed E-state index contributed by atoms with van der Waals surface area (Å²) in [6.07, 6.45) is 1.02. The number of carbonyl (C=O) groups is 1. The van der Waals surface area contributed by atoms with E-state index in [0.717, 1.165) is 6.26 Å². The molecule has 0 amide bonds. The van der Waals surface area contributed by atoms with Crippen molar-refractivity contribution >= 4 is 31.7 Å². The van der Waals surface area contributed by atoms with Gasteiger partial charge in [-0.2, -0.15) is 0 Å². The standard InChI is InChI=1S/C15H12BrFO4S/c1-22(19,20)14-5-3-2-4-12(14)15(18)21-9-10-6-7-11(17)8-13(10)16/h2-8H,9H2,1H3. The van der Waals surface area contributed by atoms with Crippen LogP contribution >= 0.6 is 15.9 Å². The molecule has 0 fully saturated rings. The van der Waals surface area contributed by atoms with Crippen LogP contribution in [0.1, 0.15) is 15.9 Å². The van der Waals surface area contributed by atoms with Gasteiger partial charge < -0.3 is 4.74 Å². The molecule has 0 saturated heterocycles. The fourth-order valence-electron chi connectivity index (χ4n) is 1.82. The van der Waals surface area contributed by atoms with Crippen LogP contribution in [0.5, 0.6) is 0 Å². The molecule has 4 nitrogen and oxygen atoms in total. The van der Waals surface area contributed by atoms with Crippen LogP contribution < -0.4 is 0 Å². The molecule has 0 atom stereocenters. The number of ether oxygens (including phenoxy) is 1. The van der Waals surface area contributed by atoms with E-state index >= 15 is 0 Å². The van der Waals surface area contributed by atoms with Crippen molar-refractivity contribution in [2.75, 3.05) is 6.26 Å². The highest BCUT2D eigenvalue weighted by molar-refractivity contribution is 9.10. The van der Waals surface area contributed by atoms with Crippen LogP contribution in [0.25, 0.3) is 0 Å². The van der Waals surface area contributed by atoms with Crippen LogP contribution in [0.3, 0.4) is 0 Å². The average molecular weight is 387 g/mol. The van der Waals surface area contributed by atoms with E-state index in [4.69, 9.17) is 4.74 Å². The van der Waals surface area contributed by atoms with Gasteiger partial charge in [0.25, 0.3) is 0 Å². The molecule has 116 valence electrons. The van der Waals surface area contributed by atoms with Crippen LogP contribution in [-0.2, 0) is 21.2 Å². The molecule has 2 aromatic carbocycles. The minimum absolute atomic E-state index is 0.0248. The van der Waals surface area contributed by atoms with Gasteiger partial charge in [0.15, 0.2) is 9.84 Å². The lowest BCUT2D eigenvalue weighted by atomic mass is 10.2. The second-order valence-electron chi connectivity index (χ2n) is 4.58. The summed E-state index contributed by atoms with van der Waals surface area (Å²) in [5.41, 5.74) is 0.551. The molecule has 0 radical (unpaired) electrons. The van der Waals surface area contributed by atoms with Gasteiger partial charge in [0.05, 0.1) is 10.5 Å². The first-order valence-corrected chi connectivity index (χ1v) is 8.87. The van der Waals surface area contributed by atoms with E-state index < -0.39 is 21.6 Å². The van der Waals surface area contributed by atoms with Gasteiger partial charge in [-0.05, 0) is 24.3 Å². The van der Waals surface area contributed by atoms with Gasteiger partial charge in [-0.1, -0.05) is 34.1 Å². The Kier molecular flexibility index (Phi) is 4.97. The lowest BCUT2D eigenvalue weighted by Crippen LogP contribution is -2.11. The number of hydrogen-bond acceptors (Lipinski definition) is 4. The minimum atomic E-state index is -3.53. The number of sulfone groups is 1. The number of carbonyl (C=O) groups excluding carboxylic acids is 1. The Morgan fingerprint density at radius 2 is 1.91 bits per heavy atom. The molecule has 22 heavy (non-hydrogen) atoms. The van der Waals surface area contributed by atoms with Crippen molar-refractivity contribution in [1.82, 2.24) is 0 Å². The number of halogens is 2. The molecule has 2 rings (SSSR count). The van der Waals surface area contributed by atoms with E-state index in [1.807, 2.05) is 0 Å². The summed E-state index contributed by atoms with van der Waals surface area (Å²) >= 11 is 3.17. The fraction of sp³-hybridized carbons (Fsp3) is 0.133. The first kappa shape index (κ1) is 16.6. The third-order valence-corrected chi connectivity index (χ3v) is 4.77. The summed E-state index contributed by atoms with van der Waals surface area (Å²) in [6.45, 7) is -0.0994. The molecule has 0 aliphatic heterocycles. The molecule has 0 N–H and O–H groups in total. The predicted molar refractivity (Wildman–Crippen MR) is 82.8 cm³/mol. The van der Waals surface area contributed by atoms with Crippen LogP contribution in [0.15, 0.2) is 51.8 Å². The predicted octanol–water partition coefficient (Wildman–Crippen LogP) is 3.35. The normalized spacial score (nSPS) is 11.2. The summed E-state index contributed by atoms with van der Waals surface area (Å²) in [5, 5.41) is 0. The third kappa shape index (κ3) is 3.92. The summed E-state index contributed by atoms with van der Waals surface area (Å²) in [6, 6.07) is 9.81. The van der Waals surface area contributed by atoms with Gasteiger partial charge in [0.2, 0.25) is 0 Å². The largest absolute Gasteiger partial charge is 0.457 e. The van der Waals surface area contributed by atoms with E-state index in [-0.39, 0.29) is 17.1 Å². The van der Waals surface area contributed by atoms with Gasteiger partial charge in [-0.15, -0.1) is 0 Å². The van der Waals surface area contributed by atoms with Crippen molar-refractivity contribution < 1.29 is 22.3 Å². The second kappa shape index (κ2) is 6.58. The topological polar surface area (TPSA) is 60.4 Å².